The summed E-state index contributed by atoms with van der Waals surface area (Å²) in [5.41, 5.74) is 4.05. The summed E-state index contributed by atoms with van der Waals surface area (Å²) in [6, 6.07) is 18.9. The summed E-state index contributed by atoms with van der Waals surface area (Å²) in [4.78, 5) is 0. The number of ether oxygens (including phenoxy) is 1. The van der Waals surface area contributed by atoms with Crippen LogP contribution in [0.3, 0.4) is 0 Å². The molecule has 116 valence electrons. The molecule has 1 heteroatoms. The second-order valence-electron chi connectivity index (χ2n) is 6.66. The molecule has 0 aromatic heterocycles. The van der Waals surface area contributed by atoms with Crippen molar-refractivity contribution in [3.63, 3.8) is 0 Å². The third kappa shape index (κ3) is 4.77. The van der Waals surface area contributed by atoms with Gasteiger partial charge in [-0.1, -0.05) is 62.9 Å². The molecule has 2 aromatic carbocycles. The maximum atomic E-state index is 5.21. The Morgan fingerprint density at radius 2 is 1.64 bits per heavy atom. The molecule has 0 bridgehead atoms. The molecule has 2 rings (SSSR count). The minimum atomic E-state index is 0.243. The average Bonchev–Trinajstić information content (AvgIpc) is 2.54. The Morgan fingerprint density at radius 3 is 2.23 bits per heavy atom. The molecule has 0 atom stereocenters. The Hall–Kier alpha value is -2.02. The molecule has 0 amide bonds. The number of methoxy groups -OCH3 is 1. The molecule has 0 aliphatic carbocycles. The molecule has 1 nitrogen and oxygen atoms in total. The summed E-state index contributed by atoms with van der Waals surface area (Å²) in [5, 5.41) is 0. The monoisotopic (exact) mass is 294 g/mol. The highest BCUT2D eigenvalue weighted by Crippen LogP contribution is 2.34. The van der Waals surface area contributed by atoms with Crippen LogP contribution in [0.5, 0.6) is 5.75 Å². The van der Waals surface area contributed by atoms with E-state index in [-0.39, 0.29) is 5.41 Å². The molecular formula is C21H26O. The van der Waals surface area contributed by atoms with Crippen LogP contribution in [0.2, 0.25) is 0 Å². The van der Waals surface area contributed by atoms with Crippen LogP contribution < -0.4 is 4.74 Å². The Balaban J connectivity index is 1.93. The van der Waals surface area contributed by atoms with Crippen LogP contribution in [-0.2, 0) is 6.42 Å². The number of benzene rings is 2. The van der Waals surface area contributed by atoms with E-state index in [9.17, 15) is 0 Å². The van der Waals surface area contributed by atoms with Crippen molar-refractivity contribution < 1.29 is 4.74 Å². The summed E-state index contributed by atoms with van der Waals surface area (Å²) < 4.78 is 5.21. The molecule has 0 N–H and O–H groups in total. The number of allylic oxidation sites excluding steroid dienone is 1. The molecule has 0 heterocycles. The van der Waals surface area contributed by atoms with E-state index in [1.165, 1.54) is 16.7 Å². The zero-order valence-corrected chi connectivity index (χ0v) is 13.9. The van der Waals surface area contributed by atoms with Gasteiger partial charge in [0, 0.05) is 0 Å². The van der Waals surface area contributed by atoms with Crippen molar-refractivity contribution in [3.8, 4) is 5.75 Å². The molecule has 0 unspecified atom stereocenters. The van der Waals surface area contributed by atoms with Gasteiger partial charge in [-0.2, -0.15) is 0 Å². The van der Waals surface area contributed by atoms with Gasteiger partial charge in [0.1, 0.15) is 5.75 Å². The second-order valence-corrected chi connectivity index (χ2v) is 6.66. The summed E-state index contributed by atoms with van der Waals surface area (Å²) >= 11 is 0. The van der Waals surface area contributed by atoms with Gasteiger partial charge in [0.2, 0.25) is 0 Å². The van der Waals surface area contributed by atoms with Crippen LogP contribution in [0, 0.1) is 5.41 Å². The molecule has 2 aromatic rings. The molecule has 0 saturated carbocycles. The summed E-state index contributed by atoms with van der Waals surface area (Å²) in [6.45, 7) is 8.93. The molecule has 0 aliphatic rings. The Labute approximate surface area is 134 Å². The van der Waals surface area contributed by atoms with E-state index in [2.05, 4.69) is 62.9 Å². The summed E-state index contributed by atoms with van der Waals surface area (Å²) in [5.74, 6) is 0.889. The minimum Gasteiger partial charge on any atom is -0.497 e. The lowest BCUT2D eigenvalue weighted by Gasteiger charge is -2.26. The topological polar surface area (TPSA) is 9.23 Å². The van der Waals surface area contributed by atoms with E-state index in [0.717, 1.165) is 25.0 Å². The van der Waals surface area contributed by atoms with Crippen LogP contribution >= 0.6 is 0 Å². The van der Waals surface area contributed by atoms with E-state index in [4.69, 9.17) is 4.74 Å². The molecule has 22 heavy (non-hydrogen) atoms. The van der Waals surface area contributed by atoms with Crippen molar-refractivity contribution in [2.45, 2.75) is 33.1 Å². The molecule has 0 aliphatic heterocycles. The Kier molecular flexibility index (Phi) is 5.43. The van der Waals surface area contributed by atoms with Crippen molar-refractivity contribution in [1.82, 2.24) is 0 Å². The van der Waals surface area contributed by atoms with Crippen LogP contribution in [-0.4, -0.2) is 7.11 Å². The quantitative estimate of drug-likeness (QED) is 0.631. The smallest absolute Gasteiger partial charge is 0.118 e. The fourth-order valence-electron chi connectivity index (χ4n) is 2.72. The van der Waals surface area contributed by atoms with Crippen molar-refractivity contribution in [2.75, 3.05) is 7.11 Å². The van der Waals surface area contributed by atoms with Crippen molar-refractivity contribution in [2.24, 2.45) is 5.41 Å². The van der Waals surface area contributed by atoms with Gasteiger partial charge in [0.05, 0.1) is 7.11 Å². The Bertz CT molecular complexity index is 594. The van der Waals surface area contributed by atoms with Crippen LogP contribution in [0.15, 0.2) is 61.2 Å². The lowest BCUT2D eigenvalue weighted by Crippen LogP contribution is -2.13. The first-order valence-corrected chi connectivity index (χ1v) is 7.86. The van der Waals surface area contributed by atoms with Gasteiger partial charge in [-0.25, -0.2) is 0 Å². The van der Waals surface area contributed by atoms with Gasteiger partial charge < -0.3 is 4.74 Å². The predicted octanol–water partition coefficient (Wildman–Crippen LogP) is 5.76. The average molecular weight is 294 g/mol. The van der Waals surface area contributed by atoms with Crippen LogP contribution in [0.25, 0.3) is 5.57 Å². The first-order valence-electron chi connectivity index (χ1n) is 7.86. The van der Waals surface area contributed by atoms with Crippen molar-refractivity contribution in [1.29, 1.82) is 0 Å². The second kappa shape index (κ2) is 7.31. The molecule has 0 saturated heterocycles. The number of rotatable bonds is 7. The van der Waals surface area contributed by atoms with E-state index in [1.54, 1.807) is 7.11 Å². The van der Waals surface area contributed by atoms with E-state index in [1.807, 2.05) is 12.1 Å². The van der Waals surface area contributed by atoms with E-state index in [0.29, 0.717) is 0 Å². The summed E-state index contributed by atoms with van der Waals surface area (Å²) in [6.07, 6.45) is 3.28. The van der Waals surface area contributed by atoms with Gasteiger partial charge >= 0.3 is 0 Å². The summed E-state index contributed by atoms with van der Waals surface area (Å²) in [7, 11) is 1.69. The lowest BCUT2D eigenvalue weighted by molar-refractivity contribution is 0.345. The highest BCUT2D eigenvalue weighted by atomic mass is 16.5. The van der Waals surface area contributed by atoms with Crippen molar-refractivity contribution in [3.05, 3.63) is 72.3 Å². The lowest BCUT2D eigenvalue weighted by atomic mass is 9.79. The predicted molar refractivity (Wildman–Crippen MR) is 95.2 cm³/mol. The van der Waals surface area contributed by atoms with E-state index >= 15 is 0 Å². The van der Waals surface area contributed by atoms with Crippen molar-refractivity contribution >= 4 is 5.57 Å². The molecule has 0 spiro atoms. The van der Waals surface area contributed by atoms with Gasteiger partial charge in [-0.15, -0.1) is 0 Å². The first-order chi connectivity index (χ1) is 10.5. The molecular weight excluding hydrogens is 268 g/mol. The normalized spacial score (nSPS) is 11.2. The van der Waals surface area contributed by atoms with Gasteiger partial charge in [0.25, 0.3) is 0 Å². The largest absolute Gasteiger partial charge is 0.497 e. The highest BCUT2D eigenvalue weighted by Gasteiger charge is 2.19. The zero-order chi connectivity index (χ0) is 16.0. The highest BCUT2D eigenvalue weighted by molar-refractivity contribution is 5.64. The minimum absolute atomic E-state index is 0.243. The number of hydrogen-bond acceptors (Lipinski definition) is 1. The first kappa shape index (κ1) is 16.4. The van der Waals surface area contributed by atoms with Gasteiger partial charge in [-0.3, -0.25) is 0 Å². The number of hydrogen-bond donors (Lipinski definition) is 0. The maximum Gasteiger partial charge on any atom is 0.118 e. The third-order valence-corrected chi connectivity index (χ3v) is 4.12. The maximum absolute atomic E-state index is 5.21. The Morgan fingerprint density at radius 1 is 1.00 bits per heavy atom. The van der Waals surface area contributed by atoms with E-state index < -0.39 is 0 Å². The van der Waals surface area contributed by atoms with Crippen LogP contribution in [0.1, 0.15) is 37.8 Å². The SMILES string of the molecule is C=C(CC(C)(C)CCc1ccccc1)c1ccc(OC)cc1. The standard InChI is InChI=1S/C21H26O/c1-17(19-10-12-20(22-4)13-11-19)16-21(2,3)15-14-18-8-6-5-7-9-18/h5-13H,1,14-16H2,2-4H3. The van der Waals surface area contributed by atoms with Gasteiger partial charge in [-0.05, 0) is 53.5 Å². The fourth-order valence-corrected chi connectivity index (χ4v) is 2.72. The molecule has 0 fully saturated rings. The zero-order valence-electron chi connectivity index (χ0n) is 13.9. The number of aryl methyl sites for hydroxylation is 1. The van der Waals surface area contributed by atoms with Gasteiger partial charge in [0.15, 0.2) is 0 Å². The third-order valence-electron chi connectivity index (χ3n) is 4.12. The fraction of sp³-hybridized carbons (Fsp3) is 0.333. The molecule has 0 radical (unpaired) electrons. The van der Waals surface area contributed by atoms with Crippen LogP contribution in [0.4, 0.5) is 0 Å².